The Balaban J connectivity index is 1.36. The number of oxime groups is 1. The summed E-state index contributed by atoms with van der Waals surface area (Å²) in [4.78, 5) is 59.8. The lowest BCUT2D eigenvalue weighted by Gasteiger charge is -2.49. The summed E-state index contributed by atoms with van der Waals surface area (Å²) >= 11 is 3.85. The van der Waals surface area contributed by atoms with Crippen molar-refractivity contribution < 1.29 is 33.7 Å². The van der Waals surface area contributed by atoms with Gasteiger partial charge < -0.3 is 21.0 Å². The Labute approximate surface area is 221 Å². The van der Waals surface area contributed by atoms with E-state index in [0.717, 1.165) is 27.7 Å². The molecule has 37 heavy (non-hydrogen) atoms. The quantitative estimate of drug-likeness (QED) is 0.119. The molecule has 3 aromatic rings. The van der Waals surface area contributed by atoms with E-state index < -0.39 is 29.2 Å². The molecule has 12 nitrogen and oxygen atoms in total. The Kier molecular flexibility index (Phi) is 6.66. The predicted octanol–water partition coefficient (Wildman–Crippen LogP) is 0.829. The zero-order chi connectivity index (χ0) is 26.3. The van der Waals surface area contributed by atoms with Crippen LogP contribution in [0.15, 0.2) is 46.3 Å². The van der Waals surface area contributed by atoms with E-state index in [2.05, 4.69) is 15.5 Å². The molecule has 1 saturated heterocycles. The molecule has 1 unspecified atom stereocenters. The van der Waals surface area contributed by atoms with Gasteiger partial charge in [-0.15, -0.1) is 34.4 Å². The number of carboxylic acids is 1. The van der Waals surface area contributed by atoms with Gasteiger partial charge in [0.25, 0.3) is 11.8 Å². The van der Waals surface area contributed by atoms with Crippen LogP contribution >= 0.6 is 34.4 Å². The van der Waals surface area contributed by atoms with Crippen LogP contribution in [0.2, 0.25) is 0 Å². The van der Waals surface area contributed by atoms with Crippen molar-refractivity contribution in [3.63, 3.8) is 0 Å². The highest BCUT2D eigenvalue weighted by Gasteiger charge is 2.54. The summed E-state index contributed by atoms with van der Waals surface area (Å²) in [6.07, 6.45) is 4.43. The van der Waals surface area contributed by atoms with Crippen molar-refractivity contribution in [1.29, 1.82) is 0 Å². The molecule has 0 aliphatic carbocycles. The van der Waals surface area contributed by atoms with Gasteiger partial charge in [-0.1, -0.05) is 5.16 Å². The van der Waals surface area contributed by atoms with Crippen molar-refractivity contribution in [3.05, 3.63) is 51.7 Å². The van der Waals surface area contributed by atoms with E-state index in [4.69, 9.17) is 10.6 Å². The van der Waals surface area contributed by atoms with E-state index in [1.807, 2.05) is 16.8 Å². The first-order valence-electron chi connectivity index (χ1n) is 10.7. The first-order valence-corrected chi connectivity index (χ1v) is 13.5. The SMILES string of the molecule is CON=C(C(=O)NC1C(=O)N2C(C(=O)O)=C(C[n+]3ccc4sc(C=O)cc4c3)CS[C@@H]12)c1csc(N)n1. The second-order valence-corrected chi connectivity index (χ2v) is 11.1. The van der Waals surface area contributed by atoms with Crippen LogP contribution in [0.1, 0.15) is 15.4 Å². The molecule has 1 fully saturated rings. The number of carbonyl (C=O) groups is 4. The molecule has 0 aromatic carbocycles. The number of hydrogen-bond acceptors (Lipinski definition) is 11. The number of carboxylic acid groups (broad SMARTS) is 1. The number of carbonyl (C=O) groups excluding carboxylic acids is 3. The molecule has 2 amide bonds. The zero-order valence-corrected chi connectivity index (χ0v) is 21.6. The maximum Gasteiger partial charge on any atom is 0.352 e. The maximum atomic E-state index is 13.0. The molecule has 190 valence electrons. The number of hydrogen-bond donors (Lipinski definition) is 3. The molecule has 2 aliphatic heterocycles. The van der Waals surface area contributed by atoms with E-state index in [1.54, 1.807) is 17.6 Å². The number of nitrogens with zero attached hydrogens (tertiary/aromatic N) is 4. The molecule has 0 bridgehead atoms. The molecular weight excluding hydrogens is 540 g/mol. The van der Waals surface area contributed by atoms with Crippen LogP contribution < -0.4 is 15.6 Å². The highest BCUT2D eigenvalue weighted by Crippen LogP contribution is 2.40. The second-order valence-electron chi connectivity index (χ2n) is 8.02. The van der Waals surface area contributed by atoms with Crippen molar-refractivity contribution in [3.8, 4) is 0 Å². The number of thioether (sulfide) groups is 1. The molecule has 15 heteroatoms. The van der Waals surface area contributed by atoms with Gasteiger partial charge in [0.15, 0.2) is 36.1 Å². The van der Waals surface area contributed by atoms with Crippen LogP contribution in [0.3, 0.4) is 0 Å². The van der Waals surface area contributed by atoms with E-state index in [0.29, 0.717) is 16.2 Å². The minimum absolute atomic E-state index is 0.0937. The summed E-state index contributed by atoms with van der Waals surface area (Å²) in [7, 11) is 1.27. The van der Waals surface area contributed by atoms with Gasteiger partial charge in [-0.25, -0.2) is 14.3 Å². The summed E-state index contributed by atoms with van der Waals surface area (Å²) in [5, 5.41) is 18.4. The number of aldehydes is 1. The van der Waals surface area contributed by atoms with Gasteiger partial charge in [-0.3, -0.25) is 19.3 Å². The number of aliphatic carboxylic acids is 1. The molecule has 5 rings (SSSR count). The van der Waals surface area contributed by atoms with E-state index in [9.17, 15) is 24.3 Å². The van der Waals surface area contributed by atoms with Crippen LogP contribution in [0.25, 0.3) is 10.1 Å². The number of fused-ring (bicyclic) bond motifs is 2. The number of nitrogen functional groups attached to an aromatic ring is 1. The molecule has 4 N–H and O–H groups in total. The number of pyridine rings is 1. The number of amides is 2. The minimum atomic E-state index is -1.22. The lowest BCUT2D eigenvalue weighted by atomic mass is 10.0. The molecule has 0 radical (unpaired) electrons. The molecule has 3 aromatic heterocycles. The summed E-state index contributed by atoms with van der Waals surface area (Å²) in [6.45, 7) is 0.250. The average Bonchev–Trinajstić information content (AvgIpc) is 3.50. The van der Waals surface area contributed by atoms with Crippen LogP contribution in [-0.4, -0.2) is 69.1 Å². The van der Waals surface area contributed by atoms with Gasteiger partial charge in [0, 0.05) is 27.5 Å². The lowest BCUT2D eigenvalue weighted by Crippen LogP contribution is -2.71. The monoisotopic (exact) mass is 559 g/mol. The fourth-order valence-electron chi connectivity index (χ4n) is 4.14. The van der Waals surface area contributed by atoms with E-state index in [-0.39, 0.29) is 28.8 Å². The standard InChI is InChI=1S/C22H18N6O6S3/c1-34-26-15(13-9-36-22(23)24-13)18(30)25-16-19(31)28-17(21(32)33)11(8-35-20(16)28)6-27-3-2-14-10(5-27)4-12(7-29)37-14/h2-5,7,9,16,20H,6,8H2,1H3,(H3-,23,24,25,30,32,33)/p+1/t16?,20-/m0/s1. The van der Waals surface area contributed by atoms with Crippen molar-refractivity contribution >= 4 is 79.4 Å². The first-order chi connectivity index (χ1) is 17.8. The Morgan fingerprint density at radius 1 is 1.46 bits per heavy atom. The number of nitrogens with one attached hydrogen (secondary N) is 1. The van der Waals surface area contributed by atoms with Crippen molar-refractivity contribution in [2.75, 3.05) is 18.6 Å². The number of β-lactam (4-membered cyclic amide) rings is 1. The smallest absolute Gasteiger partial charge is 0.352 e. The van der Waals surface area contributed by atoms with Crippen LogP contribution in [-0.2, 0) is 25.8 Å². The second kappa shape index (κ2) is 9.91. The summed E-state index contributed by atoms with van der Waals surface area (Å²) in [5.74, 6) is -2.10. The molecule has 5 heterocycles. The van der Waals surface area contributed by atoms with Gasteiger partial charge >= 0.3 is 5.97 Å². The number of thiophene rings is 1. The largest absolute Gasteiger partial charge is 0.477 e. The molecule has 2 atom stereocenters. The number of thiazole rings is 1. The first kappa shape index (κ1) is 24.9. The Morgan fingerprint density at radius 2 is 2.27 bits per heavy atom. The predicted molar refractivity (Wildman–Crippen MR) is 137 cm³/mol. The third-order valence-corrected chi connectivity index (χ3v) is 8.78. The zero-order valence-electron chi connectivity index (χ0n) is 19.1. The van der Waals surface area contributed by atoms with Crippen LogP contribution in [0.5, 0.6) is 0 Å². The summed E-state index contributed by atoms with van der Waals surface area (Å²) in [6, 6.07) is 2.69. The molecule has 2 aliphatic rings. The molecular formula is C22H19N6O6S3+. The van der Waals surface area contributed by atoms with Gasteiger partial charge in [-0.2, -0.15) is 0 Å². The molecule has 0 saturated carbocycles. The number of anilines is 1. The van der Waals surface area contributed by atoms with Crippen molar-refractivity contribution in [2.45, 2.75) is 18.0 Å². The lowest BCUT2D eigenvalue weighted by molar-refractivity contribution is -0.687. The highest BCUT2D eigenvalue weighted by atomic mass is 32.2. The van der Waals surface area contributed by atoms with E-state index >= 15 is 0 Å². The van der Waals surface area contributed by atoms with Gasteiger partial charge in [-0.05, 0) is 6.07 Å². The average molecular weight is 560 g/mol. The number of rotatable bonds is 8. The summed E-state index contributed by atoms with van der Waals surface area (Å²) < 4.78 is 2.76. The minimum Gasteiger partial charge on any atom is -0.477 e. The Morgan fingerprint density at radius 3 is 2.95 bits per heavy atom. The van der Waals surface area contributed by atoms with Gasteiger partial charge in [0.1, 0.15) is 29.9 Å². The third-order valence-electron chi connectivity index (χ3n) is 5.72. The fourth-order valence-corrected chi connectivity index (χ4v) is 6.87. The Bertz CT molecular complexity index is 1510. The maximum absolute atomic E-state index is 13.0. The van der Waals surface area contributed by atoms with Crippen molar-refractivity contribution in [1.82, 2.24) is 15.2 Å². The fraction of sp³-hybridized carbons (Fsp3) is 0.227. The van der Waals surface area contributed by atoms with Gasteiger partial charge in [0.2, 0.25) is 0 Å². The third kappa shape index (κ3) is 4.56. The van der Waals surface area contributed by atoms with Crippen LogP contribution in [0.4, 0.5) is 5.13 Å². The van der Waals surface area contributed by atoms with Gasteiger partial charge in [0.05, 0.1) is 10.3 Å². The summed E-state index contributed by atoms with van der Waals surface area (Å²) in [5.41, 5.74) is 6.17. The highest BCUT2D eigenvalue weighted by molar-refractivity contribution is 8.00. The Hall–Kier alpha value is -3.82. The molecule has 0 spiro atoms. The number of aromatic nitrogens is 2. The van der Waals surface area contributed by atoms with E-state index in [1.165, 1.54) is 35.1 Å². The number of nitrogens with two attached hydrogens (primary N) is 1. The normalized spacial score (nSPS) is 19.4. The van der Waals surface area contributed by atoms with Crippen LogP contribution in [0, 0.1) is 0 Å². The topological polar surface area (TPSA) is 168 Å². The van der Waals surface area contributed by atoms with Crippen molar-refractivity contribution in [2.24, 2.45) is 5.16 Å².